The summed E-state index contributed by atoms with van der Waals surface area (Å²) in [5.41, 5.74) is 6.38. The third kappa shape index (κ3) is 1.95. The Kier molecular flexibility index (Phi) is 3.05. The van der Waals surface area contributed by atoms with Crippen molar-refractivity contribution in [1.82, 2.24) is 0 Å². The zero-order valence-corrected chi connectivity index (χ0v) is 8.19. The minimum atomic E-state index is -0.421. The molecule has 1 rings (SSSR count). The van der Waals surface area contributed by atoms with Gasteiger partial charge in [-0.3, -0.25) is 0 Å². The van der Waals surface area contributed by atoms with E-state index >= 15 is 0 Å². The molecule has 0 unspecified atom stereocenters. The Bertz CT molecular complexity index is 267. The van der Waals surface area contributed by atoms with Crippen molar-refractivity contribution in [1.29, 1.82) is 0 Å². The molecule has 0 amide bonds. The maximum absolute atomic E-state index is 12.9. The third-order valence-electron chi connectivity index (χ3n) is 1.43. The molecule has 0 aromatic heterocycles. The van der Waals surface area contributed by atoms with Gasteiger partial charge in [0, 0.05) is 7.11 Å². The predicted octanol–water partition coefficient (Wildman–Crippen LogP) is 2.32. The smallest absolute Gasteiger partial charge is 0.160 e. The summed E-state index contributed by atoms with van der Waals surface area (Å²) < 4.78 is 18.2. The summed E-state index contributed by atoms with van der Waals surface area (Å²) in [5.74, 6) is -0.421. The molecule has 0 bridgehead atoms. The van der Waals surface area contributed by atoms with Crippen LogP contribution in [0.2, 0.25) is 0 Å². The SMILES string of the molecule is COCc1cc(N)c(F)c(Br)c1. The summed E-state index contributed by atoms with van der Waals surface area (Å²) in [4.78, 5) is 0. The highest BCUT2D eigenvalue weighted by molar-refractivity contribution is 9.10. The van der Waals surface area contributed by atoms with Gasteiger partial charge in [-0.25, -0.2) is 4.39 Å². The van der Waals surface area contributed by atoms with Gasteiger partial charge in [-0.15, -0.1) is 0 Å². The van der Waals surface area contributed by atoms with Crippen LogP contribution in [-0.2, 0) is 11.3 Å². The highest BCUT2D eigenvalue weighted by Crippen LogP contribution is 2.23. The Morgan fingerprint density at radius 1 is 1.58 bits per heavy atom. The number of nitrogen functional groups attached to an aromatic ring is 1. The third-order valence-corrected chi connectivity index (χ3v) is 2.00. The second kappa shape index (κ2) is 3.87. The Hall–Kier alpha value is -0.610. The van der Waals surface area contributed by atoms with Crippen molar-refractivity contribution in [2.24, 2.45) is 0 Å². The van der Waals surface area contributed by atoms with Gasteiger partial charge in [0.15, 0.2) is 5.82 Å². The molecule has 12 heavy (non-hydrogen) atoms. The lowest BCUT2D eigenvalue weighted by Crippen LogP contribution is -1.95. The number of rotatable bonds is 2. The molecule has 0 saturated carbocycles. The van der Waals surface area contributed by atoms with E-state index in [1.807, 2.05) is 0 Å². The molecule has 0 aliphatic carbocycles. The first kappa shape index (κ1) is 9.48. The summed E-state index contributed by atoms with van der Waals surface area (Å²) in [6.45, 7) is 0.434. The lowest BCUT2D eigenvalue weighted by atomic mass is 10.2. The number of methoxy groups -OCH3 is 1. The minimum absolute atomic E-state index is 0.136. The van der Waals surface area contributed by atoms with Gasteiger partial charge in [0.05, 0.1) is 16.8 Å². The van der Waals surface area contributed by atoms with Crippen LogP contribution < -0.4 is 5.73 Å². The monoisotopic (exact) mass is 233 g/mol. The van der Waals surface area contributed by atoms with Crippen LogP contribution in [0.25, 0.3) is 0 Å². The summed E-state index contributed by atoms with van der Waals surface area (Å²) in [5, 5.41) is 0. The number of anilines is 1. The maximum Gasteiger partial charge on any atom is 0.160 e. The van der Waals surface area contributed by atoms with Gasteiger partial charge in [-0.2, -0.15) is 0 Å². The molecule has 0 radical (unpaired) electrons. The van der Waals surface area contributed by atoms with Crippen LogP contribution in [0.5, 0.6) is 0 Å². The molecule has 66 valence electrons. The van der Waals surface area contributed by atoms with Gasteiger partial charge < -0.3 is 10.5 Å². The fourth-order valence-corrected chi connectivity index (χ4v) is 1.44. The number of benzene rings is 1. The van der Waals surface area contributed by atoms with Crippen LogP contribution in [0.3, 0.4) is 0 Å². The molecule has 0 fully saturated rings. The first-order valence-electron chi connectivity index (χ1n) is 3.37. The van der Waals surface area contributed by atoms with Crippen molar-refractivity contribution in [3.63, 3.8) is 0 Å². The molecule has 0 saturated heterocycles. The normalized spacial score (nSPS) is 10.2. The predicted molar refractivity (Wildman–Crippen MR) is 49.2 cm³/mol. The summed E-state index contributed by atoms with van der Waals surface area (Å²) >= 11 is 3.06. The van der Waals surface area contributed by atoms with E-state index in [0.717, 1.165) is 5.56 Å². The van der Waals surface area contributed by atoms with Gasteiger partial charge in [0.2, 0.25) is 0 Å². The second-order valence-electron chi connectivity index (χ2n) is 2.41. The second-order valence-corrected chi connectivity index (χ2v) is 3.27. The van der Waals surface area contributed by atoms with E-state index in [2.05, 4.69) is 15.9 Å². The van der Waals surface area contributed by atoms with Crippen molar-refractivity contribution >= 4 is 21.6 Å². The van der Waals surface area contributed by atoms with Gasteiger partial charge >= 0.3 is 0 Å². The first-order chi connectivity index (χ1) is 5.65. The van der Waals surface area contributed by atoms with Crippen molar-refractivity contribution < 1.29 is 9.13 Å². The fourth-order valence-electron chi connectivity index (χ4n) is 0.919. The van der Waals surface area contributed by atoms with Crippen LogP contribution in [0.4, 0.5) is 10.1 Å². The molecule has 2 N–H and O–H groups in total. The Balaban J connectivity index is 3.04. The number of nitrogens with two attached hydrogens (primary N) is 1. The fraction of sp³-hybridized carbons (Fsp3) is 0.250. The molecule has 4 heteroatoms. The first-order valence-corrected chi connectivity index (χ1v) is 4.16. The van der Waals surface area contributed by atoms with Crippen molar-refractivity contribution in [3.05, 3.63) is 28.0 Å². The maximum atomic E-state index is 12.9. The molecular weight excluding hydrogens is 225 g/mol. The zero-order valence-electron chi connectivity index (χ0n) is 6.60. The largest absolute Gasteiger partial charge is 0.396 e. The zero-order chi connectivity index (χ0) is 9.14. The molecule has 0 heterocycles. The standard InChI is InChI=1S/C8H9BrFNO/c1-12-4-5-2-6(9)8(10)7(11)3-5/h2-3H,4,11H2,1H3. The van der Waals surface area contributed by atoms with Crippen molar-refractivity contribution in [3.8, 4) is 0 Å². The molecule has 0 atom stereocenters. The lowest BCUT2D eigenvalue weighted by Gasteiger charge is -2.04. The van der Waals surface area contributed by atoms with Crippen LogP contribution in [0.1, 0.15) is 5.56 Å². The number of halogens is 2. The molecule has 0 spiro atoms. The van der Waals surface area contributed by atoms with E-state index in [1.165, 1.54) is 0 Å². The van der Waals surface area contributed by atoms with Crippen LogP contribution >= 0.6 is 15.9 Å². The molecule has 1 aromatic carbocycles. The summed E-state index contributed by atoms with van der Waals surface area (Å²) in [7, 11) is 1.58. The quantitative estimate of drug-likeness (QED) is 0.797. The molecule has 0 aliphatic rings. The van der Waals surface area contributed by atoms with E-state index in [4.69, 9.17) is 10.5 Å². The van der Waals surface area contributed by atoms with E-state index in [9.17, 15) is 4.39 Å². The Morgan fingerprint density at radius 2 is 2.25 bits per heavy atom. The molecule has 2 nitrogen and oxygen atoms in total. The number of hydrogen-bond acceptors (Lipinski definition) is 2. The highest BCUT2D eigenvalue weighted by atomic mass is 79.9. The summed E-state index contributed by atoms with van der Waals surface area (Å²) in [6, 6.07) is 3.21. The lowest BCUT2D eigenvalue weighted by molar-refractivity contribution is 0.185. The van der Waals surface area contributed by atoms with Crippen LogP contribution in [-0.4, -0.2) is 7.11 Å². The van der Waals surface area contributed by atoms with Crippen molar-refractivity contribution in [2.75, 3.05) is 12.8 Å². The van der Waals surface area contributed by atoms with E-state index in [1.54, 1.807) is 19.2 Å². The van der Waals surface area contributed by atoms with Gasteiger partial charge in [-0.05, 0) is 33.6 Å². The number of ether oxygens (including phenoxy) is 1. The van der Waals surface area contributed by atoms with Gasteiger partial charge in [-0.1, -0.05) is 0 Å². The topological polar surface area (TPSA) is 35.2 Å². The molecular formula is C8H9BrFNO. The average Bonchev–Trinajstić information content (AvgIpc) is 2.01. The van der Waals surface area contributed by atoms with Crippen LogP contribution in [0.15, 0.2) is 16.6 Å². The van der Waals surface area contributed by atoms with Crippen LogP contribution in [0, 0.1) is 5.82 Å². The average molecular weight is 234 g/mol. The number of hydrogen-bond donors (Lipinski definition) is 1. The Labute approximate surface area is 78.6 Å². The van der Waals surface area contributed by atoms with Gasteiger partial charge in [0.25, 0.3) is 0 Å². The Morgan fingerprint density at radius 3 is 2.75 bits per heavy atom. The highest BCUT2D eigenvalue weighted by Gasteiger charge is 2.05. The van der Waals surface area contributed by atoms with E-state index < -0.39 is 5.82 Å². The molecule has 1 aromatic rings. The minimum Gasteiger partial charge on any atom is -0.396 e. The van der Waals surface area contributed by atoms with Crippen molar-refractivity contribution in [2.45, 2.75) is 6.61 Å². The van der Waals surface area contributed by atoms with Gasteiger partial charge in [0.1, 0.15) is 0 Å². The molecule has 0 aliphatic heterocycles. The van der Waals surface area contributed by atoms with E-state index in [0.29, 0.717) is 11.1 Å². The summed E-state index contributed by atoms with van der Waals surface area (Å²) in [6.07, 6.45) is 0. The van der Waals surface area contributed by atoms with E-state index in [-0.39, 0.29) is 5.69 Å².